The van der Waals surface area contributed by atoms with E-state index in [1.54, 1.807) is 0 Å². The van der Waals surface area contributed by atoms with Crippen molar-refractivity contribution in [3.63, 3.8) is 0 Å². The van der Waals surface area contributed by atoms with Crippen LogP contribution in [0, 0.1) is 17.5 Å². The molecule has 1 aromatic carbocycles. The van der Waals surface area contributed by atoms with Crippen molar-refractivity contribution in [1.82, 2.24) is 10.2 Å². The molecule has 6 heteroatoms. The molecular weight excluding hydrogens is 281 g/mol. The molecule has 1 aliphatic rings. The first-order valence-corrected chi connectivity index (χ1v) is 7.20. The van der Waals surface area contributed by atoms with E-state index in [0.29, 0.717) is 19.0 Å². The summed E-state index contributed by atoms with van der Waals surface area (Å²) in [5, 5.41) is 2.88. The summed E-state index contributed by atoms with van der Waals surface area (Å²) in [6.45, 7) is 2.05. The summed E-state index contributed by atoms with van der Waals surface area (Å²) in [6, 6.07) is 1.37. The zero-order valence-corrected chi connectivity index (χ0v) is 11.8. The van der Waals surface area contributed by atoms with Gasteiger partial charge in [0, 0.05) is 44.2 Å². The van der Waals surface area contributed by atoms with Crippen LogP contribution in [0.5, 0.6) is 0 Å². The van der Waals surface area contributed by atoms with Crippen molar-refractivity contribution in [2.75, 3.05) is 19.6 Å². The summed E-state index contributed by atoms with van der Waals surface area (Å²) in [5.41, 5.74) is 0.0549. The number of halogens is 3. The van der Waals surface area contributed by atoms with E-state index in [1.165, 1.54) is 0 Å². The van der Waals surface area contributed by atoms with Crippen LogP contribution in [-0.2, 0) is 11.3 Å². The predicted molar refractivity (Wildman–Crippen MR) is 73.1 cm³/mol. The number of hydrogen-bond donors (Lipinski definition) is 1. The maximum absolute atomic E-state index is 13.4. The van der Waals surface area contributed by atoms with Gasteiger partial charge < -0.3 is 10.2 Å². The molecule has 0 radical (unpaired) electrons. The van der Waals surface area contributed by atoms with Crippen molar-refractivity contribution in [1.29, 1.82) is 0 Å². The largest absolute Gasteiger partial charge is 0.343 e. The highest BCUT2D eigenvalue weighted by Crippen LogP contribution is 2.13. The second kappa shape index (κ2) is 7.45. The molecule has 0 bridgehead atoms. The Bertz CT molecular complexity index is 502. The van der Waals surface area contributed by atoms with Crippen molar-refractivity contribution in [2.45, 2.75) is 32.2 Å². The summed E-state index contributed by atoms with van der Waals surface area (Å²) in [7, 11) is 0. The van der Waals surface area contributed by atoms with Crippen LogP contribution in [0.1, 0.15) is 31.2 Å². The first kappa shape index (κ1) is 15.8. The SMILES string of the molecule is O=C(CCNCc1cc(F)c(F)cc1F)N1CCCCC1. The molecule has 0 saturated carbocycles. The number of piperidine rings is 1. The van der Waals surface area contributed by atoms with Crippen LogP contribution in [0.4, 0.5) is 13.2 Å². The third-order valence-corrected chi connectivity index (χ3v) is 3.63. The Hall–Kier alpha value is -1.56. The van der Waals surface area contributed by atoms with E-state index in [0.717, 1.165) is 38.4 Å². The van der Waals surface area contributed by atoms with E-state index >= 15 is 0 Å². The van der Waals surface area contributed by atoms with Gasteiger partial charge in [-0.2, -0.15) is 0 Å². The van der Waals surface area contributed by atoms with Gasteiger partial charge in [0.25, 0.3) is 0 Å². The van der Waals surface area contributed by atoms with Crippen molar-refractivity contribution >= 4 is 5.91 Å². The Balaban J connectivity index is 1.74. The van der Waals surface area contributed by atoms with Gasteiger partial charge in [0.2, 0.25) is 5.91 Å². The molecule has 0 aliphatic carbocycles. The van der Waals surface area contributed by atoms with E-state index in [4.69, 9.17) is 0 Å². The van der Waals surface area contributed by atoms with E-state index in [-0.39, 0.29) is 18.0 Å². The van der Waals surface area contributed by atoms with Gasteiger partial charge in [-0.1, -0.05) is 0 Å². The first-order valence-electron chi connectivity index (χ1n) is 7.20. The summed E-state index contributed by atoms with van der Waals surface area (Å²) < 4.78 is 39.2. The van der Waals surface area contributed by atoms with E-state index < -0.39 is 17.5 Å². The van der Waals surface area contributed by atoms with Gasteiger partial charge in [-0.15, -0.1) is 0 Å². The van der Waals surface area contributed by atoms with Gasteiger partial charge in [0.15, 0.2) is 11.6 Å². The molecule has 1 aliphatic heterocycles. The fourth-order valence-corrected chi connectivity index (χ4v) is 2.42. The van der Waals surface area contributed by atoms with E-state index in [1.807, 2.05) is 4.90 Å². The second-order valence-electron chi connectivity index (χ2n) is 5.23. The molecule has 0 atom stereocenters. The van der Waals surface area contributed by atoms with Crippen LogP contribution in [0.3, 0.4) is 0 Å². The molecule has 1 aromatic rings. The number of carbonyl (C=O) groups excluding carboxylic acids is 1. The summed E-state index contributed by atoms with van der Waals surface area (Å²) >= 11 is 0. The van der Waals surface area contributed by atoms with Gasteiger partial charge in [-0.05, 0) is 25.3 Å². The van der Waals surface area contributed by atoms with Crippen molar-refractivity contribution in [3.05, 3.63) is 35.1 Å². The van der Waals surface area contributed by atoms with Crippen molar-refractivity contribution in [2.24, 2.45) is 0 Å². The fourth-order valence-electron chi connectivity index (χ4n) is 2.42. The number of benzene rings is 1. The fraction of sp³-hybridized carbons (Fsp3) is 0.533. The third-order valence-electron chi connectivity index (χ3n) is 3.63. The molecular formula is C15H19F3N2O. The molecule has 21 heavy (non-hydrogen) atoms. The Morgan fingerprint density at radius 2 is 1.71 bits per heavy atom. The van der Waals surface area contributed by atoms with Gasteiger partial charge >= 0.3 is 0 Å². The Morgan fingerprint density at radius 1 is 1.05 bits per heavy atom. The predicted octanol–water partition coefficient (Wildman–Crippen LogP) is 2.60. The molecule has 3 nitrogen and oxygen atoms in total. The highest BCUT2D eigenvalue weighted by molar-refractivity contribution is 5.76. The molecule has 0 unspecified atom stereocenters. The normalized spacial score (nSPS) is 15.3. The smallest absolute Gasteiger partial charge is 0.223 e. The van der Waals surface area contributed by atoms with Crippen LogP contribution in [0.15, 0.2) is 12.1 Å². The minimum absolute atomic E-state index is 0.0549. The second-order valence-corrected chi connectivity index (χ2v) is 5.23. The number of hydrogen-bond acceptors (Lipinski definition) is 2. The standard InChI is InChI=1S/C15H19F3N2O/c16-12-9-14(18)13(17)8-11(12)10-19-5-4-15(21)20-6-2-1-3-7-20/h8-9,19H,1-7,10H2. The average Bonchev–Trinajstić information content (AvgIpc) is 2.49. The molecule has 1 saturated heterocycles. The van der Waals surface area contributed by atoms with Crippen molar-refractivity contribution in [3.8, 4) is 0 Å². The molecule has 1 fully saturated rings. The van der Waals surface area contributed by atoms with Crippen LogP contribution < -0.4 is 5.32 Å². The maximum atomic E-state index is 13.4. The minimum atomic E-state index is -1.20. The monoisotopic (exact) mass is 300 g/mol. The topological polar surface area (TPSA) is 32.3 Å². The highest BCUT2D eigenvalue weighted by atomic mass is 19.2. The summed E-state index contributed by atoms with van der Waals surface area (Å²) in [6.07, 6.45) is 3.57. The quantitative estimate of drug-likeness (QED) is 0.669. The van der Waals surface area contributed by atoms with E-state index in [2.05, 4.69) is 5.32 Å². The van der Waals surface area contributed by atoms with Crippen LogP contribution in [0.25, 0.3) is 0 Å². The Kier molecular flexibility index (Phi) is 5.61. The average molecular weight is 300 g/mol. The van der Waals surface area contributed by atoms with Crippen LogP contribution in [-0.4, -0.2) is 30.4 Å². The van der Waals surface area contributed by atoms with Gasteiger partial charge in [-0.3, -0.25) is 4.79 Å². The lowest BCUT2D eigenvalue weighted by Crippen LogP contribution is -2.37. The molecule has 1 amide bonds. The maximum Gasteiger partial charge on any atom is 0.223 e. The highest BCUT2D eigenvalue weighted by Gasteiger charge is 2.15. The Labute approximate surface area is 122 Å². The van der Waals surface area contributed by atoms with Crippen LogP contribution >= 0.6 is 0 Å². The summed E-state index contributed by atoms with van der Waals surface area (Å²) in [5.74, 6) is -2.98. The van der Waals surface area contributed by atoms with Gasteiger partial charge in [-0.25, -0.2) is 13.2 Å². The molecule has 2 rings (SSSR count). The zero-order valence-electron chi connectivity index (χ0n) is 11.8. The van der Waals surface area contributed by atoms with Crippen molar-refractivity contribution < 1.29 is 18.0 Å². The Morgan fingerprint density at radius 3 is 2.43 bits per heavy atom. The number of carbonyl (C=O) groups is 1. The zero-order chi connectivity index (χ0) is 15.2. The van der Waals surface area contributed by atoms with E-state index in [9.17, 15) is 18.0 Å². The number of nitrogens with zero attached hydrogens (tertiary/aromatic N) is 1. The first-order chi connectivity index (χ1) is 10.1. The lowest BCUT2D eigenvalue weighted by Gasteiger charge is -2.26. The number of rotatable bonds is 5. The molecule has 0 aromatic heterocycles. The molecule has 116 valence electrons. The lowest BCUT2D eigenvalue weighted by molar-refractivity contribution is -0.131. The number of nitrogens with one attached hydrogen (secondary N) is 1. The summed E-state index contributed by atoms with van der Waals surface area (Å²) in [4.78, 5) is 13.7. The molecule has 1 heterocycles. The third kappa shape index (κ3) is 4.46. The number of likely N-dealkylation sites (tertiary alicyclic amines) is 1. The molecule has 0 spiro atoms. The van der Waals surface area contributed by atoms with Gasteiger partial charge in [0.1, 0.15) is 5.82 Å². The van der Waals surface area contributed by atoms with Crippen LogP contribution in [0.2, 0.25) is 0 Å². The molecule has 1 N–H and O–H groups in total. The minimum Gasteiger partial charge on any atom is -0.343 e. The lowest BCUT2D eigenvalue weighted by atomic mass is 10.1. The number of amides is 1. The van der Waals surface area contributed by atoms with Gasteiger partial charge in [0.05, 0.1) is 0 Å².